The third kappa shape index (κ3) is 1.83. The van der Waals surface area contributed by atoms with Crippen LogP contribution in [-0.2, 0) is 4.74 Å². The van der Waals surface area contributed by atoms with Gasteiger partial charge < -0.3 is 9.14 Å². The monoisotopic (exact) mass is 204 g/mol. The summed E-state index contributed by atoms with van der Waals surface area (Å²) in [5, 5.41) is 0. The van der Waals surface area contributed by atoms with Gasteiger partial charge >= 0.3 is 5.97 Å². The first-order valence-electron chi connectivity index (χ1n) is 4.83. The van der Waals surface area contributed by atoms with E-state index in [1.54, 1.807) is 25.3 Å². The molecule has 0 spiro atoms. The number of rotatable bonds is 2. The van der Waals surface area contributed by atoms with Crippen LogP contribution < -0.4 is 0 Å². The molecule has 0 N–H and O–H groups in total. The Kier molecular flexibility index (Phi) is 2.41. The van der Waals surface area contributed by atoms with Gasteiger partial charge in [0.1, 0.15) is 5.65 Å². The lowest BCUT2D eigenvalue weighted by molar-refractivity contribution is 0.0526. The van der Waals surface area contributed by atoms with Crippen molar-refractivity contribution in [3.63, 3.8) is 0 Å². The number of fused-ring (bicyclic) bond motifs is 1. The summed E-state index contributed by atoms with van der Waals surface area (Å²) in [4.78, 5) is 15.7. The number of esters is 1. The molecule has 0 aliphatic heterocycles. The van der Waals surface area contributed by atoms with Gasteiger partial charge in [0.15, 0.2) is 0 Å². The van der Waals surface area contributed by atoms with Gasteiger partial charge in [0.05, 0.1) is 17.9 Å². The summed E-state index contributed by atoms with van der Waals surface area (Å²) in [6.07, 6.45) is 3.60. The van der Waals surface area contributed by atoms with Crippen LogP contribution in [-0.4, -0.2) is 22.0 Å². The Labute approximate surface area is 87.5 Å². The average molecular weight is 204 g/mol. The number of ether oxygens (including phenoxy) is 1. The van der Waals surface area contributed by atoms with Crippen LogP contribution in [0.15, 0.2) is 24.5 Å². The lowest BCUT2D eigenvalue weighted by atomic mass is 10.3. The summed E-state index contributed by atoms with van der Waals surface area (Å²) >= 11 is 0. The van der Waals surface area contributed by atoms with Crippen molar-refractivity contribution in [2.24, 2.45) is 0 Å². The Morgan fingerprint density at radius 2 is 2.27 bits per heavy atom. The van der Waals surface area contributed by atoms with Crippen LogP contribution in [0.25, 0.3) is 5.65 Å². The van der Waals surface area contributed by atoms with E-state index >= 15 is 0 Å². The van der Waals surface area contributed by atoms with Gasteiger partial charge in [-0.25, -0.2) is 9.78 Å². The van der Waals surface area contributed by atoms with E-state index in [4.69, 9.17) is 4.74 Å². The SMILES string of the molecule is CCOC(=O)c1ccc2nc(C)cn2c1. The largest absolute Gasteiger partial charge is 0.462 e. The first-order chi connectivity index (χ1) is 7.20. The maximum atomic E-state index is 11.4. The summed E-state index contributed by atoms with van der Waals surface area (Å²) in [6, 6.07) is 3.53. The second-order valence-corrected chi connectivity index (χ2v) is 3.29. The topological polar surface area (TPSA) is 43.6 Å². The van der Waals surface area contributed by atoms with Gasteiger partial charge in [0, 0.05) is 12.4 Å². The highest BCUT2D eigenvalue weighted by molar-refractivity contribution is 5.89. The van der Waals surface area contributed by atoms with Crippen molar-refractivity contribution < 1.29 is 9.53 Å². The number of pyridine rings is 1. The Morgan fingerprint density at radius 1 is 1.47 bits per heavy atom. The molecule has 0 atom stereocenters. The summed E-state index contributed by atoms with van der Waals surface area (Å²) in [7, 11) is 0. The van der Waals surface area contributed by atoms with Crippen LogP contribution in [0.5, 0.6) is 0 Å². The quantitative estimate of drug-likeness (QED) is 0.701. The Hall–Kier alpha value is -1.84. The fraction of sp³-hybridized carbons (Fsp3) is 0.273. The highest BCUT2D eigenvalue weighted by atomic mass is 16.5. The molecule has 15 heavy (non-hydrogen) atoms. The van der Waals surface area contributed by atoms with Crippen molar-refractivity contribution in [1.29, 1.82) is 0 Å². The Balaban J connectivity index is 2.41. The molecule has 4 nitrogen and oxygen atoms in total. The Morgan fingerprint density at radius 3 is 3.00 bits per heavy atom. The molecule has 0 aromatic carbocycles. The van der Waals surface area contributed by atoms with Gasteiger partial charge in [0.2, 0.25) is 0 Å². The molecule has 0 aliphatic rings. The normalized spacial score (nSPS) is 10.5. The molecular weight excluding hydrogens is 192 g/mol. The lowest BCUT2D eigenvalue weighted by Crippen LogP contribution is -2.05. The molecule has 0 unspecified atom stereocenters. The zero-order chi connectivity index (χ0) is 10.8. The number of aromatic nitrogens is 2. The van der Waals surface area contributed by atoms with Gasteiger partial charge in [0.25, 0.3) is 0 Å². The van der Waals surface area contributed by atoms with E-state index in [2.05, 4.69) is 4.98 Å². The second-order valence-electron chi connectivity index (χ2n) is 3.29. The zero-order valence-electron chi connectivity index (χ0n) is 8.73. The lowest BCUT2D eigenvalue weighted by Gasteiger charge is -2.01. The van der Waals surface area contributed by atoms with Crippen LogP contribution in [0, 0.1) is 6.92 Å². The molecule has 0 radical (unpaired) electrons. The summed E-state index contributed by atoms with van der Waals surface area (Å²) < 4.78 is 6.73. The van der Waals surface area contributed by atoms with Crippen LogP contribution in [0.4, 0.5) is 0 Å². The van der Waals surface area contributed by atoms with E-state index in [0.29, 0.717) is 12.2 Å². The van der Waals surface area contributed by atoms with Gasteiger partial charge in [-0.2, -0.15) is 0 Å². The van der Waals surface area contributed by atoms with Crippen molar-refractivity contribution in [1.82, 2.24) is 9.38 Å². The van der Waals surface area contributed by atoms with E-state index in [1.165, 1.54) is 0 Å². The predicted octanol–water partition coefficient (Wildman–Crippen LogP) is 1.82. The number of hydrogen-bond donors (Lipinski definition) is 0. The van der Waals surface area contributed by atoms with E-state index < -0.39 is 0 Å². The minimum absolute atomic E-state index is 0.300. The average Bonchev–Trinajstić information content (AvgIpc) is 2.57. The van der Waals surface area contributed by atoms with Gasteiger partial charge in [-0.15, -0.1) is 0 Å². The highest BCUT2D eigenvalue weighted by Gasteiger charge is 2.07. The van der Waals surface area contributed by atoms with Crippen molar-refractivity contribution in [2.75, 3.05) is 6.61 Å². The molecule has 0 amide bonds. The van der Waals surface area contributed by atoms with Crippen LogP contribution in [0.2, 0.25) is 0 Å². The molecule has 0 aliphatic carbocycles. The molecular formula is C11H12N2O2. The second kappa shape index (κ2) is 3.73. The van der Waals surface area contributed by atoms with Gasteiger partial charge in [-0.3, -0.25) is 0 Å². The third-order valence-corrected chi connectivity index (χ3v) is 2.08. The van der Waals surface area contributed by atoms with Crippen LogP contribution >= 0.6 is 0 Å². The number of carbonyl (C=O) groups is 1. The fourth-order valence-corrected chi connectivity index (χ4v) is 1.45. The molecule has 2 heterocycles. The van der Waals surface area contributed by atoms with Crippen LogP contribution in [0.3, 0.4) is 0 Å². The zero-order valence-corrected chi connectivity index (χ0v) is 8.73. The molecule has 2 rings (SSSR count). The number of imidazole rings is 1. The summed E-state index contributed by atoms with van der Waals surface area (Å²) in [5.74, 6) is -0.300. The molecule has 2 aromatic rings. The van der Waals surface area contributed by atoms with Crippen molar-refractivity contribution in [2.45, 2.75) is 13.8 Å². The van der Waals surface area contributed by atoms with Crippen molar-refractivity contribution in [3.05, 3.63) is 35.8 Å². The fourth-order valence-electron chi connectivity index (χ4n) is 1.45. The number of carbonyl (C=O) groups excluding carboxylic acids is 1. The number of hydrogen-bond acceptors (Lipinski definition) is 3. The maximum absolute atomic E-state index is 11.4. The van der Waals surface area contributed by atoms with Crippen molar-refractivity contribution >= 4 is 11.6 Å². The minimum atomic E-state index is -0.300. The molecule has 0 fully saturated rings. The number of aryl methyl sites for hydroxylation is 1. The Bertz CT molecular complexity index is 502. The van der Waals surface area contributed by atoms with Gasteiger partial charge in [-0.1, -0.05) is 0 Å². The predicted molar refractivity (Wildman–Crippen MR) is 55.9 cm³/mol. The van der Waals surface area contributed by atoms with E-state index in [1.807, 2.05) is 17.5 Å². The first-order valence-corrected chi connectivity index (χ1v) is 4.83. The van der Waals surface area contributed by atoms with E-state index in [9.17, 15) is 4.79 Å². The molecule has 0 saturated heterocycles. The van der Waals surface area contributed by atoms with E-state index in [-0.39, 0.29) is 5.97 Å². The minimum Gasteiger partial charge on any atom is -0.462 e. The van der Waals surface area contributed by atoms with Crippen LogP contribution in [0.1, 0.15) is 23.0 Å². The number of nitrogens with zero attached hydrogens (tertiary/aromatic N) is 2. The maximum Gasteiger partial charge on any atom is 0.339 e. The molecule has 4 heteroatoms. The van der Waals surface area contributed by atoms with E-state index in [0.717, 1.165) is 11.3 Å². The summed E-state index contributed by atoms with van der Waals surface area (Å²) in [5.41, 5.74) is 2.30. The molecule has 0 bridgehead atoms. The molecule has 2 aromatic heterocycles. The van der Waals surface area contributed by atoms with Gasteiger partial charge in [-0.05, 0) is 26.0 Å². The molecule has 78 valence electrons. The third-order valence-electron chi connectivity index (χ3n) is 2.08. The summed E-state index contributed by atoms with van der Waals surface area (Å²) in [6.45, 7) is 4.09. The van der Waals surface area contributed by atoms with Crippen molar-refractivity contribution in [3.8, 4) is 0 Å². The highest BCUT2D eigenvalue weighted by Crippen LogP contribution is 2.08. The standard InChI is InChI=1S/C11H12N2O2/c1-3-15-11(14)9-4-5-10-12-8(2)6-13(10)7-9/h4-7H,3H2,1-2H3. The molecule has 0 saturated carbocycles. The smallest absolute Gasteiger partial charge is 0.339 e. The first kappa shape index (κ1) is 9.71.